The molecule has 0 aliphatic rings. The van der Waals surface area contributed by atoms with Gasteiger partial charge in [0.25, 0.3) is 5.91 Å². The number of hydrogen-bond acceptors (Lipinski definition) is 3. The Balaban J connectivity index is 3.51. The van der Waals surface area contributed by atoms with E-state index in [1.165, 1.54) is 14.2 Å². The molecule has 58 valence electrons. The van der Waals surface area contributed by atoms with Crippen molar-refractivity contribution in [3.05, 3.63) is 0 Å². The number of nitrogens with zero attached hydrogens (tertiary/aromatic N) is 1. The van der Waals surface area contributed by atoms with Crippen LogP contribution in [-0.4, -0.2) is 38.1 Å². The average Bonchev–Trinajstić information content (AvgIpc) is 1.98. The first kappa shape index (κ1) is 8.90. The van der Waals surface area contributed by atoms with Crippen LogP contribution in [0.25, 0.3) is 0 Å². The summed E-state index contributed by atoms with van der Waals surface area (Å²) in [5, 5.41) is 3.25. The predicted molar refractivity (Wildman–Crippen MR) is 33.8 cm³/mol. The third-order valence-electron chi connectivity index (χ3n) is 0.962. The molecule has 0 aromatic rings. The summed E-state index contributed by atoms with van der Waals surface area (Å²) in [5.41, 5.74) is 0. The van der Waals surface area contributed by atoms with Gasteiger partial charge in [-0.05, 0) is 0 Å². The van der Waals surface area contributed by atoms with Crippen LogP contribution < -0.4 is 5.32 Å². The van der Waals surface area contributed by atoms with Gasteiger partial charge in [0.1, 0.15) is 0 Å². The summed E-state index contributed by atoms with van der Waals surface area (Å²) in [6, 6.07) is 0. The van der Waals surface area contributed by atoms with Crippen molar-refractivity contribution in [2.24, 2.45) is 0 Å². The number of rotatable bonds is 4. The highest BCUT2D eigenvalue weighted by atomic mass is 16.7. The Bertz CT molecular complexity index is 126. The lowest BCUT2D eigenvalue weighted by molar-refractivity contribution is -0.167. The van der Waals surface area contributed by atoms with Gasteiger partial charge in [-0.3, -0.25) is 14.4 Å². The van der Waals surface area contributed by atoms with E-state index in [0.29, 0.717) is 6.41 Å². The zero-order chi connectivity index (χ0) is 7.98. The third kappa shape index (κ3) is 3.03. The second-order valence-corrected chi connectivity index (χ2v) is 1.57. The Labute approximate surface area is 58.9 Å². The maximum absolute atomic E-state index is 10.7. The predicted octanol–water partition coefficient (Wildman–Crippen LogP) is -1.25. The van der Waals surface area contributed by atoms with Gasteiger partial charge in [-0.1, -0.05) is 0 Å². The molecule has 0 aliphatic heterocycles. The van der Waals surface area contributed by atoms with E-state index in [2.05, 4.69) is 10.2 Å². The average molecular weight is 146 g/mol. The molecule has 0 aliphatic carbocycles. The van der Waals surface area contributed by atoms with E-state index in [4.69, 9.17) is 0 Å². The van der Waals surface area contributed by atoms with E-state index in [9.17, 15) is 9.59 Å². The van der Waals surface area contributed by atoms with Crippen LogP contribution in [-0.2, 0) is 14.4 Å². The Morgan fingerprint density at radius 1 is 1.80 bits per heavy atom. The second kappa shape index (κ2) is 4.75. The lowest BCUT2D eigenvalue weighted by atomic mass is 10.6. The number of amides is 2. The maximum Gasteiger partial charge on any atom is 0.265 e. The lowest BCUT2D eigenvalue weighted by Gasteiger charge is -2.12. The molecule has 0 unspecified atom stereocenters. The van der Waals surface area contributed by atoms with E-state index in [1.807, 2.05) is 0 Å². The molecule has 0 rings (SSSR count). The van der Waals surface area contributed by atoms with Gasteiger partial charge >= 0.3 is 0 Å². The van der Waals surface area contributed by atoms with Crippen LogP contribution in [0.2, 0.25) is 0 Å². The second-order valence-electron chi connectivity index (χ2n) is 1.57. The smallest absolute Gasteiger partial charge is 0.265 e. The molecule has 0 aromatic heterocycles. The molecule has 10 heavy (non-hydrogen) atoms. The minimum atomic E-state index is -0.297. The standard InChI is InChI=1S/C5H10N2O3/c1-7(10-2)5(9)3-6-4-8/h4H,3H2,1-2H3,(H,6,8). The molecule has 0 saturated heterocycles. The first-order valence-electron chi connectivity index (χ1n) is 2.70. The van der Waals surface area contributed by atoms with E-state index in [0.717, 1.165) is 5.06 Å². The molecule has 0 bridgehead atoms. The summed E-state index contributed by atoms with van der Waals surface area (Å²) in [5.74, 6) is -0.297. The van der Waals surface area contributed by atoms with Crippen molar-refractivity contribution in [1.29, 1.82) is 0 Å². The van der Waals surface area contributed by atoms with Crippen LogP contribution in [0.15, 0.2) is 0 Å². The molecule has 0 saturated carbocycles. The topological polar surface area (TPSA) is 58.6 Å². The zero-order valence-corrected chi connectivity index (χ0v) is 5.96. The normalized spacial score (nSPS) is 8.60. The van der Waals surface area contributed by atoms with E-state index < -0.39 is 0 Å². The molecule has 2 amide bonds. The number of carbonyl (C=O) groups excluding carboxylic acids is 2. The fourth-order valence-electron chi connectivity index (χ4n) is 0.342. The maximum atomic E-state index is 10.7. The molecule has 0 atom stereocenters. The van der Waals surface area contributed by atoms with E-state index in [-0.39, 0.29) is 12.5 Å². The van der Waals surface area contributed by atoms with Gasteiger partial charge in [-0.2, -0.15) is 0 Å². The summed E-state index contributed by atoms with van der Waals surface area (Å²) in [4.78, 5) is 24.9. The fourth-order valence-corrected chi connectivity index (χ4v) is 0.342. The molecule has 1 N–H and O–H groups in total. The summed E-state index contributed by atoms with van der Waals surface area (Å²) in [6.07, 6.45) is 0.460. The van der Waals surface area contributed by atoms with Gasteiger partial charge in [0.2, 0.25) is 6.41 Å². The first-order chi connectivity index (χ1) is 4.72. The highest BCUT2D eigenvalue weighted by Crippen LogP contribution is 1.80. The van der Waals surface area contributed by atoms with Gasteiger partial charge in [0.05, 0.1) is 13.7 Å². The molecule has 0 radical (unpaired) electrons. The molecule has 0 fully saturated rings. The van der Waals surface area contributed by atoms with Crippen molar-refractivity contribution in [2.45, 2.75) is 0 Å². The van der Waals surface area contributed by atoms with E-state index in [1.54, 1.807) is 0 Å². The Morgan fingerprint density at radius 3 is 2.80 bits per heavy atom. The Kier molecular flexibility index (Phi) is 4.23. The minimum Gasteiger partial charge on any atom is -0.350 e. The molecule has 5 nitrogen and oxygen atoms in total. The van der Waals surface area contributed by atoms with Crippen molar-refractivity contribution in [3.8, 4) is 0 Å². The molecular weight excluding hydrogens is 136 g/mol. The fraction of sp³-hybridized carbons (Fsp3) is 0.600. The molecule has 0 heterocycles. The molecule has 0 aromatic carbocycles. The van der Waals surface area contributed by atoms with Crippen LogP contribution in [0.1, 0.15) is 0 Å². The highest BCUT2D eigenvalue weighted by Gasteiger charge is 2.04. The summed E-state index contributed by atoms with van der Waals surface area (Å²) >= 11 is 0. The number of carbonyl (C=O) groups is 2. The number of hydrogen-bond donors (Lipinski definition) is 1. The van der Waals surface area contributed by atoms with Crippen molar-refractivity contribution in [1.82, 2.24) is 10.4 Å². The molecular formula is C5H10N2O3. The van der Waals surface area contributed by atoms with Crippen LogP contribution in [0.3, 0.4) is 0 Å². The quantitative estimate of drug-likeness (QED) is 0.398. The van der Waals surface area contributed by atoms with E-state index >= 15 is 0 Å². The molecule has 5 heteroatoms. The SMILES string of the molecule is CON(C)C(=O)CNC=O. The van der Waals surface area contributed by atoms with Crippen LogP contribution in [0.4, 0.5) is 0 Å². The van der Waals surface area contributed by atoms with Crippen molar-refractivity contribution < 1.29 is 14.4 Å². The number of likely N-dealkylation sites (N-methyl/N-ethyl adjacent to an activating group) is 1. The number of nitrogens with one attached hydrogen (secondary N) is 1. The minimum absolute atomic E-state index is 0.0339. The Hall–Kier alpha value is -1.10. The largest absolute Gasteiger partial charge is 0.350 e. The van der Waals surface area contributed by atoms with Gasteiger partial charge in [0, 0.05) is 7.05 Å². The van der Waals surface area contributed by atoms with Gasteiger partial charge < -0.3 is 5.32 Å². The van der Waals surface area contributed by atoms with Crippen molar-refractivity contribution in [2.75, 3.05) is 20.7 Å². The highest BCUT2D eigenvalue weighted by molar-refractivity contribution is 5.78. The monoisotopic (exact) mass is 146 g/mol. The van der Waals surface area contributed by atoms with Crippen LogP contribution in [0, 0.1) is 0 Å². The van der Waals surface area contributed by atoms with Crippen LogP contribution in [0.5, 0.6) is 0 Å². The number of hydroxylamine groups is 2. The zero-order valence-electron chi connectivity index (χ0n) is 5.96. The van der Waals surface area contributed by atoms with Crippen LogP contribution >= 0.6 is 0 Å². The van der Waals surface area contributed by atoms with Gasteiger partial charge in [-0.25, -0.2) is 5.06 Å². The Morgan fingerprint density at radius 2 is 2.40 bits per heavy atom. The lowest BCUT2D eigenvalue weighted by Crippen LogP contribution is -2.34. The summed E-state index contributed by atoms with van der Waals surface area (Å²) in [6.45, 7) is -0.0339. The van der Waals surface area contributed by atoms with Gasteiger partial charge in [0.15, 0.2) is 0 Å². The summed E-state index contributed by atoms with van der Waals surface area (Å²) < 4.78 is 0. The van der Waals surface area contributed by atoms with Gasteiger partial charge in [-0.15, -0.1) is 0 Å². The third-order valence-corrected chi connectivity index (χ3v) is 0.962. The van der Waals surface area contributed by atoms with Crippen molar-refractivity contribution in [3.63, 3.8) is 0 Å². The molecule has 0 spiro atoms. The summed E-state index contributed by atoms with van der Waals surface area (Å²) in [7, 11) is 2.84. The first-order valence-corrected chi connectivity index (χ1v) is 2.70. The van der Waals surface area contributed by atoms with Crippen molar-refractivity contribution >= 4 is 12.3 Å².